The summed E-state index contributed by atoms with van der Waals surface area (Å²) in [6.45, 7) is 5.82. The predicted molar refractivity (Wildman–Crippen MR) is 145 cm³/mol. The standard InChI is InChI=1S/C29H33BrN2O4/c1-20(2)31-29(34)27(17-22-9-6-5-7-10-22)32(18-23-11-8-12-24(16-23)35-4)28(33)19-36-25-13-14-26(30)21(3)15-25/h5-16,20,27H,17-19H2,1-4H3,(H,31,34)/t27-/m1/s1. The molecule has 0 aliphatic heterocycles. The number of hydrogen-bond donors (Lipinski definition) is 1. The van der Waals surface area contributed by atoms with Crippen molar-refractivity contribution < 1.29 is 19.1 Å². The largest absolute Gasteiger partial charge is 0.497 e. The Balaban J connectivity index is 1.92. The summed E-state index contributed by atoms with van der Waals surface area (Å²) in [5.74, 6) is 0.798. The molecule has 3 aromatic carbocycles. The van der Waals surface area contributed by atoms with Crippen LogP contribution in [-0.2, 0) is 22.6 Å². The lowest BCUT2D eigenvalue weighted by Gasteiger charge is -2.32. The normalized spacial score (nSPS) is 11.6. The molecule has 1 N–H and O–H groups in total. The first-order chi connectivity index (χ1) is 17.3. The van der Waals surface area contributed by atoms with Crippen LogP contribution in [-0.4, -0.2) is 42.5 Å². The molecule has 0 unspecified atom stereocenters. The van der Waals surface area contributed by atoms with E-state index in [1.807, 2.05) is 93.6 Å². The fourth-order valence-corrected chi connectivity index (χ4v) is 4.08. The van der Waals surface area contributed by atoms with E-state index in [-0.39, 0.29) is 31.0 Å². The maximum absolute atomic E-state index is 13.6. The highest BCUT2D eigenvalue weighted by molar-refractivity contribution is 9.10. The van der Waals surface area contributed by atoms with E-state index in [0.717, 1.165) is 21.2 Å². The summed E-state index contributed by atoms with van der Waals surface area (Å²) in [5.41, 5.74) is 2.83. The van der Waals surface area contributed by atoms with Gasteiger partial charge < -0.3 is 19.7 Å². The molecular weight excluding hydrogens is 520 g/mol. The number of aryl methyl sites for hydroxylation is 1. The maximum Gasteiger partial charge on any atom is 0.261 e. The number of rotatable bonds is 11. The number of ether oxygens (including phenoxy) is 2. The third-order valence-corrected chi connectivity index (χ3v) is 6.57. The molecule has 0 aliphatic rings. The molecule has 0 saturated heterocycles. The van der Waals surface area contributed by atoms with Crippen LogP contribution < -0.4 is 14.8 Å². The van der Waals surface area contributed by atoms with Gasteiger partial charge in [-0.25, -0.2) is 0 Å². The molecule has 0 saturated carbocycles. The first kappa shape index (κ1) is 27.3. The van der Waals surface area contributed by atoms with Crippen molar-refractivity contribution in [1.82, 2.24) is 10.2 Å². The molecule has 3 rings (SSSR count). The maximum atomic E-state index is 13.6. The average Bonchev–Trinajstić information content (AvgIpc) is 2.87. The number of methoxy groups -OCH3 is 1. The number of carbonyl (C=O) groups excluding carboxylic acids is 2. The van der Waals surface area contributed by atoms with Crippen LogP contribution in [0, 0.1) is 6.92 Å². The van der Waals surface area contributed by atoms with Crippen LogP contribution in [0.5, 0.6) is 11.5 Å². The van der Waals surface area contributed by atoms with E-state index in [4.69, 9.17) is 9.47 Å². The highest BCUT2D eigenvalue weighted by Crippen LogP contribution is 2.22. The van der Waals surface area contributed by atoms with E-state index in [0.29, 0.717) is 17.9 Å². The van der Waals surface area contributed by atoms with Gasteiger partial charge in [-0.05, 0) is 67.8 Å². The first-order valence-electron chi connectivity index (χ1n) is 11.9. The van der Waals surface area contributed by atoms with Gasteiger partial charge in [-0.2, -0.15) is 0 Å². The summed E-state index contributed by atoms with van der Waals surface area (Å²) in [4.78, 5) is 28.6. The second kappa shape index (κ2) is 13.1. The van der Waals surface area contributed by atoms with Crippen LogP contribution >= 0.6 is 15.9 Å². The highest BCUT2D eigenvalue weighted by Gasteiger charge is 2.31. The van der Waals surface area contributed by atoms with Crippen molar-refractivity contribution in [1.29, 1.82) is 0 Å². The van der Waals surface area contributed by atoms with Crippen molar-refractivity contribution in [2.75, 3.05) is 13.7 Å². The molecule has 36 heavy (non-hydrogen) atoms. The summed E-state index contributed by atoms with van der Waals surface area (Å²) >= 11 is 3.48. The minimum absolute atomic E-state index is 0.0634. The Kier molecular flexibility index (Phi) is 9.94. The summed E-state index contributed by atoms with van der Waals surface area (Å²) in [6, 6.07) is 22.0. The van der Waals surface area contributed by atoms with Gasteiger partial charge in [-0.3, -0.25) is 9.59 Å². The Morgan fingerprint density at radius 1 is 0.944 bits per heavy atom. The number of nitrogens with zero attached hydrogens (tertiary/aromatic N) is 1. The Morgan fingerprint density at radius 2 is 1.67 bits per heavy atom. The zero-order chi connectivity index (χ0) is 26.1. The van der Waals surface area contributed by atoms with Gasteiger partial charge >= 0.3 is 0 Å². The molecule has 2 amide bonds. The Bertz CT molecular complexity index is 1170. The van der Waals surface area contributed by atoms with E-state index in [2.05, 4.69) is 21.2 Å². The van der Waals surface area contributed by atoms with E-state index in [9.17, 15) is 9.59 Å². The van der Waals surface area contributed by atoms with Crippen LogP contribution in [0.25, 0.3) is 0 Å². The molecule has 0 fully saturated rings. The molecule has 0 heterocycles. The summed E-state index contributed by atoms with van der Waals surface area (Å²) in [7, 11) is 1.60. The van der Waals surface area contributed by atoms with Crippen molar-refractivity contribution in [3.8, 4) is 11.5 Å². The molecule has 1 atom stereocenters. The van der Waals surface area contributed by atoms with Gasteiger partial charge in [0.25, 0.3) is 5.91 Å². The highest BCUT2D eigenvalue weighted by atomic mass is 79.9. The quantitative estimate of drug-likeness (QED) is 0.350. The van der Waals surface area contributed by atoms with Gasteiger partial charge in [0.15, 0.2) is 6.61 Å². The second-order valence-electron chi connectivity index (χ2n) is 8.94. The van der Waals surface area contributed by atoms with Crippen LogP contribution in [0.1, 0.15) is 30.5 Å². The van der Waals surface area contributed by atoms with Crippen molar-refractivity contribution in [2.24, 2.45) is 0 Å². The van der Waals surface area contributed by atoms with Gasteiger partial charge in [-0.15, -0.1) is 0 Å². The number of benzene rings is 3. The second-order valence-corrected chi connectivity index (χ2v) is 9.80. The number of hydrogen-bond acceptors (Lipinski definition) is 4. The Hall–Kier alpha value is -3.32. The van der Waals surface area contributed by atoms with Crippen LogP contribution in [0.4, 0.5) is 0 Å². The van der Waals surface area contributed by atoms with Crippen LogP contribution in [0.2, 0.25) is 0 Å². The number of nitrogens with one attached hydrogen (secondary N) is 1. The molecular formula is C29H33BrN2O4. The van der Waals surface area contributed by atoms with Gasteiger partial charge in [0.2, 0.25) is 5.91 Å². The molecule has 0 bridgehead atoms. The fraction of sp³-hybridized carbons (Fsp3) is 0.310. The Labute approximate surface area is 221 Å². The lowest BCUT2D eigenvalue weighted by atomic mass is 10.0. The van der Waals surface area contributed by atoms with Crippen molar-refractivity contribution in [3.63, 3.8) is 0 Å². The van der Waals surface area contributed by atoms with Crippen LogP contribution in [0.3, 0.4) is 0 Å². The third kappa shape index (κ3) is 7.85. The van der Waals surface area contributed by atoms with Gasteiger partial charge in [-0.1, -0.05) is 58.4 Å². The van der Waals surface area contributed by atoms with Crippen molar-refractivity contribution >= 4 is 27.7 Å². The zero-order valence-electron chi connectivity index (χ0n) is 21.2. The Morgan fingerprint density at radius 3 is 2.33 bits per heavy atom. The van der Waals surface area contributed by atoms with E-state index >= 15 is 0 Å². The van der Waals surface area contributed by atoms with Crippen LogP contribution in [0.15, 0.2) is 77.3 Å². The molecule has 0 radical (unpaired) electrons. The molecule has 0 spiro atoms. The number of carbonyl (C=O) groups is 2. The number of halogens is 1. The van der Waals surface area contributed by atoms with E-state index < -0.39 is 6.04 Å². The average molecular weight is 553 g/mol. The van der Waals surface area contributed by atoms with Crippen molar-refractivity contribution in [2.45, 2.75) is 45.8 Å². The monoisotopic (exact) mass is 552 g/mol. The summed E-state index contributed by atoms with van der Waals surface area (Å²) < 4.78 is 12.2. The van der Waals surface area contributed by atoms with E-state index in [1.54, 1.807) is 12.0 Å². The smallest absolute Gasteiger partial charge is 0.261 e. The SMILES string of the molecule is COc1cccc(CN(C(=O)COc2ccc(Br)c(C)c2)[C@H](Cc2ccccc2)C(=O)NC(C)C)c1. The number of amides is 2. The summed E-state index contributed by atoms with van der Waals surface area (Å²) in [6.07, 6.45) is 0.381. The third-order valence-electron chi connectivity index (χ3n) is 5.68. The van der Waals surface area contributed by atoms with E-state index in [1.165, 1.54) is 0 Å². The molecule has 0 aliphatic carbocycles. The topological polar surface area (TPSA) is 67.9 Å². The predicted octanol–water partition coefficient (Wildman–Crippen LogP) is 5.31. The molecule has 6 nitrogen and oxygen atoms in total. The lowest BCUT2D eigenvalue weighted by molar-refractivity contribution is -0.143. The van der Waals surface area contributed by atoms with Gasteiger partial charge in [0.05, 0.1) is 7.11 Å². The fourth-order valence-electron chi connectivity index (χ4n) is 3.84. The molecule has 7 heteroatoms. The first-order valence-corrected chi connectivity index (χ1v) is 12.7. The molecule has 190 valence electrons. The minimum Gasteiger partial charge on any atom is -0.497 e. The van der Waals surface area contributed by atoms with Gasteiger partial charge in [0.1, 0.15) is 17.5 Å². The lowest BCUT2D eigenvalue weighted by Crippen LogP contribution is -2.52. The summed E-state index contributed by atoms with van der Waals surface area (Å²) in [5, 5.41) is 2.99. The van der Waals surface area contributed by atoms with Crippen molar-refractivity contribution in [3.05, 3.63) is 94.0 Å². The zero-order valence-corrected chi connectivity index (χ0v) is 22.7. The molecule has 3 aromatic rings. The van der Waals surface area contributed by atoms with Gasteiger partial charge in [0, 0.05) is 23.5 Å². The molecule has 0 aromatic heterocycles. The minimum atomic E-state index is -0.719.